The molecule has 0 heterocycles. The summed E-state index contributed by atoms with van der Waals surface area (Å²) in [5.74, 6) is 0. The second-order valence-corrected chi connectivity index (χ2v) is 13.4. The second kappa shape index (κ2) is 39.3. The van der Waals surface area contributed by atoms with E-state index in [2.05, 4.69) is 0 Å². The molecular formula is H20O42S10V2. The van der Waals surface area contributed by atoms with Gasteiger partial charge in [-0.2, -0.15) is 84.2 Å². The van der Waals surface area contributed by atoms with Crippen LogP contribution in [0.5, 0.6) is 0 Å². The van der Waals surface area contributed by atoms with Gasteiger partial charge in [0.05, 0.1) is 0 Å². The molecule has 42 nitrogen and oxygen atoms in total. The van der Waals surface area contributed by atoms with E-state index in [1.165, 1.54) is 0 Å². The molecule has 20 N–H and O–H groups in total. The first-order chi connectivity index (χ1) is 22.0. The van der Waals surface area contributed by atoms with Gasteiger partial charge >= 0.3 is 146 Å². The van der Waals surface area contributed by atoms with Gasteiger partial charge in [0.25, 0.3) is 0 Å². The fourth-order valence-electron chi connectivity index (χ4n) is 0. The number of hydrogen-bond donors (Lipinski definition) is 20. The van der Waals surface area contributed by atoms with Crippen molar-refractivity contribution in [3.63, 3.8) is 0 Å². The zero-order valence-corrected chi connectivity index (χ0v) is 33.9. The summed E-state index contributed by atoms with van der Waals surface area (Å²) in [6.07, 6.45) is 0. The molecule has 0 bridgehead atoms. The zero-order chi connectivity index (χ0) is 49.0. The molecule has 0 aromatic heterocycles. The van der Waals surface area contributed by atoms with Gasteiger partial charge in [-0.25, -0.2) is 0 Å². The van der Waals surface area contributed by atoms with Crippen molar-refractivity contribution in [3.8, 4) is 0 Å². The summed E-state index contributed by atoms with van der Waals surface area (Å²) in [6, 6.07) is 0. The number of hydrogen-bond acceptors (Lipinski definition) is 22. The van der Waals surface area contributed by atoms with Crippen LogP contribution in [-0.2, 0) is 146 Å². The maximum absolute atomic E-state index is 8.74. The molecule has 0 aliphatic rings. The Bertz CT molecular complexity index is 1410. The molecule has 0 fully saturated rings. The molecule has 0 radical (unpaired) electrons. The SMILES string of the molecule is O=S(=O)(O)O.O=S(=O)(O)O.O=S(=O)(O)O.O=S(=O)(O)O.O=S(=O)(O)O.O=S(=O)(O)O.O=S(=O)(O)O.O=S(=O)(O)O.O=S(=O)(O)O.O=S(=O)(O)O.[O]=[V].[O]=[V]. The minimum atomic E-state index is -4.67. The van der Waals surface area contributed by atoms with Crippen molar-refractivity contribution in [2.24, 2.45) is 0 Å². The summed E-state index contributed by atoms with van der Waals surface area (Å²) in [5.41, 5.74) is 0. The first kappa shape index (κ1) is 85.6. The van der Waals surface area contributed by atoms with Crippen LogP contribution in [0, 0.1) is 0 Å². The predicted molar refractivity (Wildman–Crippen MR) is 143 cm³/mol. The average Bonchev–Trinajstić information content (AvgIpc) is 2.56. The van der Waals surface area contributed by atoms with E-state index in [-0.39, 0.29) is 0 Å². The monoisotopic (exact) mass is 1110 g/mol. The van der Waals surface area contributed by atoms with Crippen molar-refractivity contribution in [1.29, 1.82) is 0 Å². The fourth-order valence-corrected chi connectivity index (χ4v) is 0. The molecule has 54 heavy (non-hydrogen) atoms. The number of rotatable bonds is 0. The van der Waals surface area contributed by atoms with Crippen molar-refractivity contribution in [2.45, 2.75) is 0 Å². The molecule has 0 saturated heterocycles. The van der Waals surface area contributed by atoms with Crippen LogP contribution < -0.4 is 0 Å². The van der Waals surface area contributed by atoms with Crippen LogP contribution in [0.2, 0.25) is 0 Å². The molecule has 0 aliphatic carbocycles. The quantitative estimate of drug-likeness (QED) is 0.100. The Labute approximate surface area is 319 Å². The molecule has 342 valence electrons. The van der Waals surface area contributed by atoms with Gasteiger partial charge in [0.15, 0.2) is 0 Å². The molecule has 0 unspecified atom stereocenters. The molecule has 0 saturated carbocycles. The Kier molecular flexibility index (Phi) is 62.3. The maximum atomic E-state index is 8.74. The molecule has 0 spiro atoms. The summed E-state index contributed by atoms with van der Waals surface area (Å²) in [5, 5.41) is 0. The van der Waals surface area contributed by atoms with E-state index in [1.54, 1.807) is 0 Å². The van der Waals surface area contributed by atoms with Gasteiger partial charge in [-0.3, -0.25) is 91.1 Å². The van der Waals surface area contributed by atoms with Crippen molar-refractivity contribution in [2.75, 3.05) is 0 Å². The Morgan fingerprint density at radius 1 is 0.148 bits per heavy atom. The van der Waals surface area contributed by atoms with Crippen molar-refractivity contribution >= 4 is 104 Å². The molecule has 0 aromatic rings. The zero-order valence-electron chi connectivity index (χ0n) is 22.9. The third kappa shape index (κ3) is 465000. The summed E-state index contributed by atoms with van der Waals surface area (Å²) in [7, 11) is -46.7. The minimum absolute atomic E-state index is 1.06. The van der Waals surface area contributed by atoms with Gasteiger partial charge in [0.2, 0.25) is 0 Å². The molecule has 0 amide bonds. The van der Waals surface area contributed by atoms with Crippen LogP contribution >= 0.6 is 0 Å². The van der Waals surface area contributed by atoms with Crippen molar-refractivity contribution in [1.82, 2.24) is 0 Å². The first-order valence-corrected chi connectivity index (χ1v) is 22.5. The van der Waals surface area contributed by atoms with Crippen LogP contribution in [0.25, 0.3) is 0 Å². The molecule has 0 rings (SSSR count). The third-order valence-electron chi connectivity index (χ3n) is 0. The van der Waals surface area contributed by atoms with Crippen molar-refractivity contribution < 1.29 is 217 Å². The van der Waals surface area contributed by atoms with Crippen LogP contribution in [-0.4, -0.2) is 175 Å². The Morgan fingerprint density at radius 2 is 0.148 bits per heavy atom. The van der Waals surface area contributed by atoms with Gasteiger partial charge in [-0.1, -0.05) is 0 Å². The third-order valence-corrected chi connectivity index (χ3v) is 0. The molecule has 54 heteroatoms. The van der Waals surface area contributed by atoms with Gasteiger partial charge < -0.3 is 0 Å². The van der Waals surface area contributed by atoms with Gasteiger partial charge in [0, 0.05) is 0 Å². The van der Waals surface area contributed by atoms with E-state index in [0.29, 0.717) is 0 Å². The topological polar surface area (TPSA) is 780 Å². The Morgan fingerprint density at radius 3 is 0.148 bits per heavy atom. The predicted octanol–water partition coefficient (Wildman–Crippen LogP) is -6.77. The summed E-state index contributed by atoms with van der Waals surface area (Å²) >= 11 is 2.12. The second-order valence-electron chi connectivity index (χ2n) is 4.48. The van der Waals surface area contributed by atoms with Crippen LogP contribution in [0.4, 0.5) is 0 Å². The molecule has 0 aromatic carbocycles. The van der Waals surface area contributed by atoms with E-state index in [0.717, 1.165) is 34.7 Å². The molecular weight excluding hydrogens is 1090 g/mol. The average molecular weight is 1110 g/mol. The van der Waals surface area contributed by atoms with E-state index in [4.69, 9.17) is 183 Å². The van der Waals surface area contributed by atoms with Gasteiger partial charge in [0.1, 0.15) is 0 Å². The van der Waals surface area contributed by atoms with Crippen molar-refractivity contribution in [3.05, 3.63) is 0 Å². The summed E-state index contributed by atoms with van der Waals surface area (Å²) < 4.78 is 332. The Balaban J connectivity index is -0.0000000359. The van der Waals surface area contributed by atoms with Crippen LogP contribution in [0.15, 0.2) is 0 Å². The first-order valence-electron chi connectivity index (χ1n) is 7.35. The Hall–Kier alpha value is -0.531. The normalized spacial score (nSPS) is 10.9. The van der Waals surface area contributed by atoms with Gasteiger partial charge in [-0.15, -0.1) is 0 Å². The standard InChI is InChI=1S/10H2O4S.2O.2V/c10*1-5(2,3)4;;;;/h10*(H2,1,2,3,4);;;;. The molecule has 0 atom stereocenters. The van der Waals surface area contributed by atoms with E-state index < -0.39 is 104 Å². The summed E-state index contributed by atoms with van der Waals surface area (Å²) in [4.78, 5) is 0. The summed E-state index contributed by atoms with van der Waals surface area (Å²) in [6.45, 7) is 0. The van der Waals surface area contributed by atoms with Gasteiger partial charge in [-0.05, 0) is 0 Å². The van der Waals surface area contributed by atoms with E-state index in [1.807, 2.05) is 0 Å². The fraction of sp³-hybridized carbons (Fsp3) is 0. The van der Waals surface area contributed by atoms with E-state index in [9.17, 15) is 0 Å². The van der Waals surface area contributed by atoms with E-state index >= 15 is 0 Å². The van der Waals surface area contributed by atoms with Crippen LogP contribution in [0.1, 0.15) is 0 Å². The van der Waals surface area contributed by atoms with Crippen LogP contribution in [0.3, 0.4) is 0 Å². The molecule has 0 aliphatic heterocycles.